The Morgan fingerprint density at radius 3 is 2.33 bits per heavy atom. The third-order valence-corrected chi connectivity index (χ3v) is 9.90. The average molecular weight is 623 g/mol. The molecule has 3 aliphatic rings. The number of hydrogen-bond acceptors (Lipinski definition) is 6. The van der Waals surface area contributed by atoms with E-state index in [1.807, 2.05) is 59.0 Å². The topological polar surface area (TPSA) is 99.3 Å². The second kappa shape index (κ2) is 15.4. The summed E-state index contributed by atoms with van der Waals surface area (Å²) in [4.78, 5) is 59.7. The summed E-state index contributed by atoms with van der Waals surface area (Å²) in [5, 5.41) is 3.05. The minimum atomic E-state index is -0.675. The van der Waals surface area contributed by atoms with E-state index in [9.17, 15) is 19.2 Å². The molecule has 1 aromatic carbocycles. The summed E-state index contributed by atoms with van der Waals surface area (Å²) in [6, 6.07) is 6.22. The molecular weight excluding hydrogens is 568 g/mol. The Labute approximate surface area is 269 Å². The van der Waals surface area contributed by atoms with E-state index < -0.39 is 12.1 Å². The molecule has 2 unspecified atom stereocenters. The fraction of sp³-hybridized carbons (Fsp3) is 0.667. The van der Waals surface area contributed by atoms with Gasteiger partial charge in [0.1, 0.15) is 18.2 Å². The van der Waals surface area contributed by atoms with Gasteiger partial charge >= 0.3 is 5.97 Å². The van der Waals surface area contributed by atoms with Crippen LogP contribution in [0.5, 0.6) is 0 Å². The van der Waals surface area contributed by atoms with Gasteiger partial charge in [-0.15, -0.1) is 0 Å². The van der Waals surface area contributed by atoms with Crippen molar-refractivity contribution < 1.29 is 23.9 Å². The molecular formula is C36H54N4O5. The molecule has 5 atom stereocenters. The van der Waals surface area contributed by atoms with Crippen molar-refractivity contribution in [1.29, 1.82) is 0 Å². The number of carbonyl (C=O) groups is 4. The van der Waals surface area contributed by atoms with Crippen molar-refractivity contribution >= 4 is 23.7 Å². The summed E-state index contributed by atoms with van der Waals surface area (Å²) in [6.45, 7) is 11.0. The van der Waals surface area contributed by atoms with Gasteiger partial charge in [-0.25, -0.2) is 4.79 Å². The SMILES string of the molecule is C/C(=C\[C@H](C(C)C)N(C)C(=O)C(NC(=O)[C@H]1CCCCN1C)C(C)C)C(=O)N1CCCC1C(=O)O[C@H]1CCCc2ccccc21. The van der Waals surface area contributed by atoms with Crippen molar-refractivity contribution in [3.05, 3.63) is 47.0 Å². The molecule has 0 aromatic heterocycles. The predicted molar refractivity (Wildman–Crippen MR) is 175 cm³/mol. The Balaban J connectivity index is 1.44. The molecule has 0 bridgehead atoms. The molecule has 2 fully saturated rings. The highest BCUT2D eigenvalue weighted by Gasteiger charge is 2.39. The quantitative estimate of drug-likeness (QED) is 0.301. The van der Waals surface area contributed by atoms with Crippen LogP contribution in [0.15, 0.2) is 35.9 Å². The van der Waals surface area contributed by atoms with Gasteiger partial charge in [-0.1, -0.05) is 64.5 Å². The number of esters is 1. The number of likely N-dealkylation sites (N-methyl/N-ethyl adjacent to an activating group) is 2. The van der Waals surface area contributed by atoms with E-state index in [0.29, 0.717) is 18.5 Å². The van der Waals surface area contributed by atoms with E-state index >= 15 is 0 Å². The molecule has 1 aromatic rings. The van der Waals surface area contributed by atoms with Crippen LogP contribution in [0.25, 0.3) is 0 Å². The normalized spacial score (nSPS) is 23.8. The van der Waals surface area contributed by atoms with Crippen LogP contribution in [-0.2, 0) is 30.3 Å². The molecule has 1 aliphatic carbocycles. The number of ether oxygens (including phenoxy) is 1. The Morgan fingerprint density at radius 2 is 1.64 bits per heavy atom. The van der Waals surface area contributed by atoms with Gasteiger partial charge in [0.05, 0.1) is 12.1 Å². The van der Waals surface area contributed by atoms with E-state index in [1.165, 1.54) is 5.56 Å². The number of aryl methyl sites for hydroxylation is 1. The van der Waals surface area contributed by atoms with Crippen LogP contribution in [-0.4, -0.2) is 89.7 Å². The number of likely N-dealkylation sites (tertiary alicyclic amines) is 2. The van der Waals surface area contributed by atoms with Crippen LogP contribution >= 0.6 is 0 Å². The predicted octanol–water partition coefficient (Wildman–Crippen LogP) is 4.65. The first-order chi connectivity index (χ1) is 21.4. The molecule has 2 saturated heterocycles. The molecule has 248 valence electrons. The second-order valence-electron chi connectivity index (χ2n) is 13.9. The summed E-state index contributed by atoms with van der Waals surface area (Å²) >= 11 is 0. The van der Waals surface area contributed by atoms with Gasteiger partial charge < -0.3 is 19.9 Å². The van der Waals surface area contributed by atoms with E-state index in [2.05, 4.69) is 16.3 Å². The first kappa shape index (κ1) is 34.7. The third-order valence-electron chi connectivity index (χ3n) is 9.90. The molecule has 1 N–H and O–H groups in total. The second-order valence-corrected chi connectivity index (χ2v) is 13.9. The Hall–Kier alpha value is -3.20. The number of nitrogens with one attached hydrogen (secondary N) is 1. The molecule has 2 aliphatic heterocycles. The van der Waals surface area contributed by atoms with Gasteiger partial charge in [-0.3, -0.25) is 19.3 Å². The molecule has 2 heterocycles. The zero-order valence-electron chi connectivity index (χ0n) is 28.4. The first-order valence-corrected chi connectivity index (χ1v) is 17.0. The summed E-state index contributed by atoms with van der Waals surface area (Å²) in [5.41, 5.74) is 2.78. The number of benzene rings is 1. The van der Waals surface area contributed by atoms with Crippen LogP contribution in [0, 0.1) is 11.8 Å². The minimum Gasteiger partial charge on any atom is -0.456 e. The van der Waals surface area contributed by atoms with Gasteiger partial charge in [-0.05, 0) is 88.4 Å². The summed E-state index contributed by atoms with van der Waals surface area (Å²) in [7, 11) is 3.70. The monoisotopic (exact) mass is 622 g/mol. The standard InChI is InChI=1S/C36H54N4O5/c1-23(2)30(39(7)35(43)32(24(3)4)37-33(41)28-17-10-11-20-38(28)6)22-25(5)34(42)40-21-13-18-29(40)36(44)45-31-19-12-15-26-14-8-9-16-27(26)31/h8-9,14,16,22-24,28-32H,10-13,15,17-21H2,1-7H3,(H,37,41)/b25-22+/t28-,29?,30-,31+,32?/m1/s1. The number of nitrogens with zero attached hydrogens (tertiary/aromatic N) is 3. The third kappa shape index (κ3) is 8.15. The number of amides is 3. The van der Waals surface area contributed by atoms with Crippen molar-refractivity contribution in [2.75, 3.05) is 27.2 Å². The van der Waals surface area contributed by atoms with Crippen molar-refractivity contribution in [1.82, 2.24) is 20.0 Å². The fourth-order valence-corrected chi connectivity index (χ4v) is 7.15. The number of hydrogen-bond donors (Lipinski definition) is 1. The number of rotatable bonds is 10. The lowest BCUT2D eigenvalue weighted by atomic mass is 9.89. The lowest BCUT2D eigenvalue weighted by Gasteiger charge is -2.36. The van der Waals surface area contributed by atoms with Gasteiger partial charge in [0.2, 0.25) is 17.7 Å². The highest BCUT2D eigenvalue weighted by molar-refractivity contribution is 5.96. The minimum absolute atomic E-state index is 0.0143. The summed E-state index contributed by atoms with van der Waals surface area (Å²) in [5.74, 6) is -0.932. The molecule has 9 nitrogen and oxygen atoms in total. The molecule has 0 saturated carbocycles. The molecule has 45 heavy (non-hydrogen) atoms. The largest absolute Gasteiger partial charge is 0.456 e. The van der Waals surface area contributed by atoms with Crippen LogP contribution in [0.1, 0.15) is 96.8 Å². The van der Waals surface area contributed by atoms with Crippen molar-refractivity contribution in [2.24, 2.45) is 11.8 Å². The fourth-order valence-electron chi connectivity index (χ4n) is 7.15. The molecule has 0 spiro atoms. The van der Waals surface area contributed by atoms with E-state index in [-0.39, 0.29) is 53.7 Å². The van der Waals surface area contributed by atoms with Crippen LogP contribution in [0.3, 0.4) is 0 Å². The van der Waals surface area contributed by atoms with Gasteiger partial charge in [-0.2, -0.15) is 0 Å². The molecule has 3 amide bonds. The summed E-state index contributed by atoms with van der Waals surface area (Å²) < 4.78 is 6.04. The van der Waals surface area contributed by atoms with Gasteiger partial charge in [0, 0.05) is 19.2 Å². The average Bonchev–Trinajstić information content (AvgIpc) is 3.51. The number of carbonyl (C=O) groups excluding carboxylic acids is 4. The Morgan fingerprint density at radius 1 is 0.933 bits per heavy atom. The zero-order valence-corrected chi connectivity index (χ0v) is 28.4. The Bertz CT molecular complexity index is 1260. The lowest BCUT2D eigenvalue weighted by Crippen LogP contribution is -2.57. The van der Waals surface area contributed by atoms with E-state index in [1.54, 1.807) is 23.8 Å². The lowest BCUT2D eigenvalue weighted by molar-refractivity contribution is -0.158. The van der Waals surface area contributed by atoms with E-state index in [0.717, 1.165) is 57.1 Å². The van der Waals surface area contributed by atoms with Crippen LogP contribution in [0.4, 0.5) is 0 Å². The van der Waals surface area contributed by atoms with Gasteiger partial charge in [0.15, 0.2) is 0 Å². The summed E-state index contributed by atoms with van der Waals surface area (Å²) in [6.07, 6.45) is 8.46. The number of piperidine rings is 1. The van der Waals surface area contributed by atoms with Crippen molar-refractivity contribution in [3.8, 4) is 0 Å². The maximum Gasteiger partial charge on any atom is 0.329 e. The van der Waals surface area contributed by atoms with E-state index in [4.69, 9.17) is 4.74 Å². The first-order valence-electron chi connectivity index (χ1n) is 17.0. The van der Waals surface area contributed by atoms with Gasteiger partial charge in [0.25, 0.3) is 0 Å². The highest BCUT2D eigenvalue weighted by atomic mass is 16.5. The van der Waals surface area contributed by atoms with Crippen molar-refractivity contribution in [2.45, 2.75) is 116 Å². The molecule has 4 rings (SSSR count). The maximum absolute atomic E-state index is 13.9. The molecule has 0 radical (unpaired) electrons. The van der Waals surface area contributed by atoms with Crippen LogP contribution < -0.4 is 5.32 Å². The molecule has 9 heteroatoms. The van der Waals surface area contributed by atoms with Crippen LogP contribution in [0.2, 0.25) is 0 Å². The highest BCUT2D eigenvalue weighted by Crippen LogP contribution is 2.34. The number of fused-ring (bicyclic) bond motifs is 1. The Kier molecular flexibility index (Phi) is 11.9. The zero-order chi connectivity index (χ0) is 32.8. The smallest absolute Gasteiger partial charge is 0.329 e. The maximum atomic E-state index is 13.9. The van der Waals surface area contributed by atoms with Crippen molar-refractivity contribution in [3.63, 3.8) is 0 Å².